The second-order valence-corrected chi connectivity index (χ2v) is 8.52. The highest BCUT2D eigenvalue weighted by Gasteiger charge is 2.32. The third-order valence-corrected chi connectivity index (χ3v) is 5.17. The molecule has 0 rings (SSSR count). The maximum atomic E-state index is 13.0. The van der Waals surface area contributed by atoms with Gasteiger partial charge in [-0.3, -0.25) is 19.2 Å². The number of carbonyl (C=O) groups is 4. The molecule has 0 aliphatic rings. The molecule has 0 aliphatic carbocycles. The standard InChI is InChI=1S/C21H41N5O5/c1-6-13(4)17(26-18(27)15(23)9-7-8-10-22)20(29)25-16(11-12(2)3)19(28)24-14(5)21(30)31/h12-17H,6-11,22-23H2,1-5H3,(H,24,28)(H,25,29)(H,26,27)(H,30,31). The zero-order chi connectivity index (χ0) is 24.1. The van der Waals surface area contributed by atoms with E-state index in [1.807, 2.05) is 27.7 Å². The number of rotatable bonds is 15. The third kappa shape index (κ3) is 11.1. The van der Waals surface area contributed by atoms with Crippen LogP contribution in [-0.4, -0.2) is 59.5 Å². The van der Waals surface area contributed by atoms with Crippen LogP contribution in [0.1, 0.15) is 66.7 Å². The Morgan fingerprint density at radius 1 is 0.903 bits per heavy atom. The van der Waals surface area contributed by atoms with Crippen LogP contribution in [0.25, 0.3) is 0 Å². The van der Waals surface area contributed by atoms with Crippen molar-refractivity contribution in [3.63, 3.8) is 0 Å². The van der Waals surface area contributed by atoms with E-state index in [0.717, 1.165) is 6.42 Å². The average molecular weight is 444 g/mol. The van der Waals surface area contributed by atoms with Crippen LogP contribution in [-0.2, 0) is 19.2 Å². The highest BCUT2D eigenvalue weighted by molar-refractivity contribution is 5.94. The van der Waals surface area contributed by atoms with Crippen LogP contribution < -0.4 is 27.4 Å². The topological polar surface area (TPSA) is 177 Å². The van der Waals surface area contributed by atoms with Gasteiger partial charge in [0.15, 0.2) is 0 Å². The molecule has 5 unspecified atom stereocenters. The van der Waals surface area contributed by atoms with Crippen molar-refractivity contribution in [2.45, 2.75) is 90.9 Å². The Morgan fingerprint density at radius 3 is 2.00 bits per heavy atom. The van der Waals surface area contributed by atoms with Gasteiger partial charge >= 0.3 is 5.97 Å². The van der Waals surface area contributed by atoms with Gasteiger partial charge in [0.2, 0.25) is 17.7 Å². The molecule has 8 N–H and O–H groups in total. The Balaban J connectivity index is 5.31. The van der Waals surface area contributed by atoms with Crippen molar-refractivity contribution < 1.29 is 24.3 Å². The number of aliphatic carboxylic acids is 1. The molecule has 0 radical (unpaired) electrons. The molecule has 0 saturated heterocycles. The summed E-state index contributed by atoms with van der Waals surface area (Å²) in [6.45, 7) is 9.37. The van der Waals surface area contributed by atoms with Gasteiger partial charge in [-0.05, 0) is 44.6 Å². The third-order valence-electron chi connectivity index (χ3n) is 5.17. The van der Waals surface area contributed by atoms with E-state index in [-0.39, 0.29) is 11.8 Å². The Morgan fingerprint density at radius 2 is 1.52 bits per heavy atom. The number of nitrogens with one attached hydrogen (secondary N) is 3. The zero-order valence-corrected chi connectivity index (χ0v) is 19.4. The number of hydrogen-bond donors (Lipinski definition) is 6. The van der Waals surface area contributed by atoms with Gasteiger partial charge in [0.1, 0.15) is 18.1 Å². The van der Waals surface area contributed by atoms with Gasteiger partial charge < -0.3 is 32.5 Å². The van der Waals surface area contributed by atoms with Crippen LogP contribution in [0.2, 0.25) is 0 Å². The fourth-order valence-electron chi connectivity index (χ4n) is 2.94. The molecular formula is C21H41N5O5. The molecule has 0 spiro atoms. The lowest BCUT2D eigenvalue weighted by Gasteiger charge is -2.28. The molecule has 0 heterocycles. The van der Waals surface area contributed by atoms with E-state index in [0.29, 0.717) is 32.2 Å². The maximum Gasteiger partial charge on any atom is 0.325 e. The van der Waals surface area contributed by atoms with Gasteiger partial charge in [-0.2, -0.15) is 0 Å². The monoisotopic (exact) mass is 443 g/mol. The van der Waals surface area contributed by atoms with E-state index in [9.17, 15) is 19.2 Å². The normalized spacial score (nSPS) is 16.0. The second kappa shape index (κ2) is 14.7. The number of unbranched alkanes of at least 4 members (excludes halogenated alkanes) is 1. The molecule has 0 aromatic heterocycles. The van der Waals surface area contributed by atoms with E-state index in [2.05, 4.69) is 16.0 Å². The number of carboxylic acid groups (broad SMARTS) is 1. The maximum absolute atomic E-state index is 13.0. The summed E-state index contributed by atoms with van der Waals surface area (Å²) in [5.41, 5.74) is 11.4. The fraction of sp³-hybridized carbons (Fsp3) is 0.810. The SMILES string of the molecule is CCC(C)C(NC(=O)C(N)CCCCN)C(=O)NC(CC(C)C)C(=O)NC(C)C(=O)O. The predicted octanol–water partition coefficient (Wildman–Crippen LogP) is 0.0938. The minimum absolute atomic E-state index is 0.0730. The van der Waals surface area contributed by atoms with Crippen molar-refractivity contribution in [3.05, 3.63) is 0 Å². The molecule has 0 bridgehead atoms. The minimum atomic E-state index is -1.17. The number of nitrogens with two attached hydrogens (primary N) is 2. The Labute approximate surface area is 185 Å². The van der Waals surface area contributed by atoms with Crippen molar-refractivity contribution in [1.29, 1.82) is 0 Å². The lowest BCUT2D eigenvalue weighted by molar-refractivity contribution is -0.142. The lowest BCUT2D eigenvalue weighted by Crippen LogP contribution is -2.58. The molecule has 180 valence electrons. The van der Waals surface area contributed by atoms with Crippen LogP contribution in [0.5, 0.6) is 0 Å². The van der Waals surface area contributed by atoms with E-state index in [4.69, 9.17) is 16.6 Å². The summed E-state index contributed by atoms with van der Waals surface area (Å²) < 4.78 is 0. The van der Waals surface area contributed by atoms with Gasteiger partial charge in [-0.1, -0.05) is 40.5 Å². The van der Waals surface area contributed by atoms with Gasteiger partial charge in [-0.15, -0.1) is 0 Å². The molecule has 31 heavy (non-hydrogen) atoms. The number of amides is 3. The molecule has 0 saturated carbocycles. The van der Waals surface area contributed by atoms with Crippen LogP contribution in [0.4, 0.5) is 0 Å². The second-order valence-electron chi connectivity index (χ2n) is 8.52. The van der Waals surface area contributed by atoms with Crippen molar-refractivity contribution in [1.82, 2.24) is 16.0 Å². The molecular weight excluding hydrogens is 402 g/mol. The summed E-state index contributed by atoms with van der Waals surface area (Å²) in [6.07, 6.45) is 2.88. The first kappa shape index (κ1) is 28.8. The Hall–Kier alpha value is -2.20. The van der Waals surface area contributed by atoms with Crippen molar-refractivity contribution >= 4 is 23.7 Å². The first-order valence-corrected chi connectivity index (χ1v) is 11.0. The van der Waals surface area contributed by atoms with E-state index in [1.54, 1.807) is 0 Å². The summed E-state index contributed by atoms with van der Waals surface area (Å²) in [4.78, 5) is 49.1. The fourth-order valence-corrected chi connectivity index (χ4v) is 2.94. The lowest BCUT2D eigenvalue weighted by atomic mass is 9.96. The summed E-state index contributed by atoms with van der Waals surface area (Å²) in [5.74, 6) is -2.80. The van der Waals surface area contributed by atoms with E-state index in [1.165, 1.54) is 6.92 Å². The van der Waals surface area contributed by atoms with E-state index < -0.39 is 47.9 Å². The van der Waals surface area contributed by atoms with Crippen LogP contribution in [0.3, 0.4) is 0 Å². The summed E-state index contributed by atoms with van der Waals surface area (Å²) >= 11 is 0. The quantitative estimate of drug-likeness (QED) is 0.194. The smallest absolute Gasteiger partial charge is 0.325 e. The molecule has 5 atom stereocenters. The van der Waals surface area contributed by atoms with Crippen LogP contribution >= 0.6 is 0 Å². The summed E-state index contributed by atoms with van der Waals surface area (Å²) in [7, 11) is 0. The van der Waals surface area contributed by atoms with Gasteiger partial charge in [0.25, 0.3) is 0 Å². The number of carbonyl (C=O) groups excluding carboxylic acids is 3. The molecule has 0 aromatic rings. The molecule has 0 fully saturated rings. The van der Waals surface area contributed by atoms with Gasteiger partial charge in [-0.25, -0.2) is 0 Å². The number of hydrogen-bond acceptors (Lipinski definition) is 6. The zero-order valence-electron chi connectivity index (χ0n) is 19.4. The van der Waals surface area contributed by atoms with Crippen molar-refractivity contribution in [2.24, 2.45) is 23.3 Å². The molecule has 0 aliphatic heterocycles. The largest absolute Gasteiger partial charge is 0.480 e. The first-order chi connectivity index (χ1) is 14.4. The van der Waals surface area contributed by atoms with E-state index >= 15 is 0 Å². The summed E-state index contributed by atoms with van der Waals surface area (Å²) in [6, 6.07) is -3.62. The molecule has 0 aromatic carbocycles. The highest BCUT2D eigenvalue weighted by Crippen LogP contribution is 2.12. The molecule has 10 nitrogen and oxygen atoms in total. The van der Waals surface area contributed by atoms with Gasteiger partial charge in [0, 0.05) is 0 Å². The van der Waals surface area contributed by atoms with Crippen molar-refractivity contribution in [3.8, 4) is 0 Å². The number of carboxylic acids is 1. The molecule has 10 heteroatoms. The predicted molar refractivity (Wildman–Crippen MR) is 119 cm³/mol. The van der Waals surface area contributed by atoms with Crippen molar-refractivity contribution in [2.75, 3.05) is 6.54 Å². The first-order valence-electron chi connectivity index (χ1n) is 11.0. The highest BCUT2D eigenvalue weighted by atomic mass is 16.4. The Bertz CT molecular complexity index is 599. The van der Waals surface area contributed by atoms with Crippen LogP contribution in [0.15, 0.2) is 0 Å². The minimum Gasteiger partial charge on any atom is -0.480 e. The van der Waals surface area contributed by atoms with Crippen LogP contribution in [0, 0.1) is 11.8 Å². The van der Waals surface area contributed by atoms with Gasteiger partial charge in [0.05, 0.1) is 6.04 Å². The Kier molecular flexibility index (Phi) is 13.7. The summed E-state index contributed by atoms with van der Waals surface area (Å²) in [5, 5.41) is 16.8. The average Bonchev–Trinajstić information content (AvgIpc) is 2.69. The molecule has 3 amide bonds.